The predicted octanol–water partition coefficient (Wildman–Crippen LogP) is 5.03. The topological polar surface area (TPSA) is 12.0 Å². The number of halogens is 2. The van der Waals surface area contributed by atoms with Crippen LogP contribution in [0.1, 0.15) is 28.3 Å². The molecule has 0 spiro atoms. The third kappa shape index (κ3) is 3.19. The predicted molar refractivity (Wildman–Crippen MR) is 86.0 cm³/mol. The molecule has 19 heavy (non-hydrogen) atoms. The van der Waals surface area contributed by atoms with E-state index in [-0.39, 0.29) is 6.04 Å². The Hall–Kier alpha value is -0.830. The van der Waals surface area contributed by atoms with Gasteiger partial charge >= 0.3 is 0 Å². The number of rotatable bonds is 3. The first-order valence-electron chi connectivity index (χ1n) is 6.22. The molecule has 0 saturated heterocycles. The van der Waals surface area contributed by atoms with Crippen molar-refractivity contribution in [1.82, 2.24) is 5.32 Å². The minimum atomic E-state index is 0.132. The van der Waals surface area contributed by atoms with Crippen molar-refractivity contribution in [2.24, 2.45) is 0 Å². The molecular formula is C16H17BrClN. The molecule has 1 N–H and O–H groups in total. The third-order valence-electron chi connectivity index (χ3n) is 3.28. The molecule has 100 valence electrons. The highest BCUT2D eigenvalue weighted by atomic mass is 79.9. The number of hydrogen-bond donors (Lipinski definition) is 1. The maximum atomic E-state index is 6.23. The van der Waals surface area contributed by atoms with E-state index >= 15 is 0 Å². The van der Waals surface area contributed by atoms with Crippen LogP contribution in [-0.2, 0) is 0 Å². The first-order valence-corrected chi connectivity index (χ1v) is 7.39. The molecule has 0 radical (unpaired) electrons. The molecule has 0 saturated carbocycles. The summed E-state index contributed by atoms with van der Waals surface area (Å²) in [7, 11) is 1.97. The summed E-state index contributed by atoms with van der Waals surface area (Å²) >= 11 is 9.86. The quantitative estimate of drug-likeness (QED) is 0.828. The van der Waals surface area contributed by atoms with Crippen LogP contribution in [0, 0.1) is 13.8 Å². The minimum Gasteiger partial charge on any atom is -0.309 e. The Bertz CT molecular complexity index is 595. The second-order valence-corrected chi connectivity index (χ2v) is 6.02. The molecule has 2 aromatic rings. The molecule has 1 unspecified atom stereocenters. The average molecular weight is 339 g/mol. The van der Waals surface area contributed by atoms with Gasteiger partial charge in [-0.05, 0) is 49.7 Å². The van der Waals surface area contributed by atoms with Crippen molar-refractivity contribution in [3.05, 3.63) is 68.1 Å². The van der Waals surface area contributed by atoms with Crippen LogP contribution in [0.25, 0.3) is 0 Å². The van der Waals surface area contributed by atoms with E-state index in [2.05, 4.69) is 58.5 Å². The van der Waals surface area contributed by atoms with Gasteiger partial charge < -0.3 is 5.32 Å². The number of nitrogens with one attached hydrogen (secondary N) is 1. The molecule has 0 aromatic heterocycles. The lowest BCUT2D eigenvalue weighted by atomic mass is 9.97. The zero-order chi connectivity index (χ0) is 14.0. The van der Waals surface area contributed by atoms with E-state index in [1.165, 1.54) is 16.7 Å². The molecular weight excluding hydrogens is 322 g/mol. The Morgan fingerprint density at radius 3 is 2.47 bits per heavy atom. The molecule has 0 bridgehead atoms. The summed E-state index contributed by atoms with van der Waals surface area (Å²) < 4.78 is 1.11. The summed E-state index contributed by atoms with van der Waals surface area (Å²) in [6.07, 6.45) is 0. The normalized spacial score (nSPS) is 12.5. The average Bonchev–Trinajstić information content (AvgIpc) is 2.38. The van der Waals surface area contributed by atoms with Crippen LogP contribution in [0.2, 0.25) is 5.02 Å². The van der Waals surface area contributed by atoms with Crippen molar-refractivity contribution >= 4 is 27.5 Å². The number of aryl methyl sites for hydroxylation is 2. The van der Waals surface area contributed by atoms with Gasteiger partial charge in [0.25, 0.3) is 0 Å². The highest BCUT2D eigenvalue weighted by Crippen LogP contribution is 2.31. The molecule has 0 aliphatic heterocycles. The van der Waals surface area contributed by atoms with E-state index < -0.39 is 0 Å². The Balaban J connectivity index is 2.49. The molecule has 2 rings (SSSR count). The largest absolute Gasteiger partial charge is 0.309 e. The first kappa shape index (κ1) is 14.6. The summed E-state index contributed by atoms with van der Waals surface area (Å²) in [5.74, 6) is 0. The van der Waals surface area contributed by atoms with Crippen molar-refractivity contribution in [2.75, 3.05) is 7.05 Å². The molecule has 3 heteroatoms. The molecule has 0 fully saturated rings. The van der Waals surface area contributed by atoms with Crippen LogP contribution in [0.3, 0.4) is 0 Å². The first-order chi connectivity index (χ1) is 9.02. The Morgan fingerprint density at radius 1 is 1.11 bits per heavy atom. The summed E-state index contributed by atoms with van der Waals surface area (Å²) in [5.41, 5.74) is 4.74. The number of hydrogen-bond acceptors (Lipinski definition) is 1. The fourth-order valence-electron chi connectivity index (χ4n) is 2.17. The molecule has 0 aliphatic rings. The van der Waals surface area contributed by atoms with Crippen LogP contribution >= 0.6 is 27.5 Å². The Morgan fingerprint density at radius 2 is 1.84 bits per heavy atom. The van der Waals surface area contributed by atoms with Crippen molar-refractivity contribution in [2.45, 2.75) is 19.9 Å². The monoisotopic (exact) mass is 337 g/mol. The van der Waals surface area contributed by atoms with E-state index in [1.807, 2.05) is 20.0 Å². The van der Waals surface area contributed by atoms with E-state index in [0.717, 1.165) is 15.1 Å². The lowest BCUT2D eigenvalue weighted by molar-refractivity contribution is 0.688. The van der Waals surface area contributed by atoms with Gasteiger partial charge in [0, 0.05) is 9.50 Å². The van der Waals surface area contributed by atoms with Crippen molar-refractivity contribution < 1.29 is 0 Å². The van der Waals surface area contributed by atoms with Crippen molar-refractivity contribution in [3.8, 4) is 0 Å². The second-order valence-electron chi connectivity index (χ2n) is 4.76. The van der Waals surface area contributed by atoms with Crippen LogP contribution in [0.15, 0.2) is 40.9 Å². The molecule has 2 aromatic carbocycles. The van der Waals surface area contributed by atoms with Crippen LogP contribution in [-0.4, -0.2) is 7.05 Å². The van der Waals surface area contributed by atoms with Gasteiger partial charge in [-0.1, -0.05) is 57.4 Å². The maximum absolute atomic E-state index is 6.23. The van der Waals surface area contributed by atoms with E-state index in [4.69, 9.17) is 11.6 Å². The fourth-order valence-corrected chi connectivity index (χ4v) is 2.84. The van der Waals surface area contributed by atoms with Crippen molar-refractivity contribution in [1.29, 1.82) is 0 Å². The third-order valence-corrected chi connectivity index (χ3v) is 4.41. The summed E-state index contributed by atoms with van der Waals surface area (Å²) in [4.78, 5) is 0. The van der Waals surface area contributed by atoms with Gasteiger partial charge in [0.2, 0.25) is 0 Å². The zero-order valence-electron chi connectivity index (χ0n) is 11.3. The zero-order valence-corrected chi connectivity index (χ0v) is 13.6. The highest BCUT2D eigenvalue weighted by molar-refractivity contribution is 9.10. The van der Waals surface area contributed by atoms with Crippen molar-refractivity contribution in [3.63, 3.8) is 0 Å². The fraction of sp³-hybridized carbons (Fsp3) is 0.250. The SMILES string of the molecule is CNC(c1ccc(C)c(Cl)c1)c1cc(C)ccc1Br. The lowest BCUT2D eigenvalue weighted by Gasteiger charge is -2.20. The summed E-state index contributed by atoms with van der Waals surface area (Å²) in [6.45, 7) is 4.12. The minimum absolute atomic E-state index is 0.132. The molecule has 1 atom stereocenters. The summed E-state index contributed by atoms with van der Waals surface area (Å²) in [6, 6.07) is 12.7. The van der Waals surface area contributed by atoms with Crippen LogP contribution < -0.4 is 5.32 Å². The molecule has 0 aliphatic carbocycles. The smallest absolute Gasteiger partial charge is 0.0586 e. The van der Waals surface area contributed by atoms with Crippen LogP contribution in [0.5, 0.6) is 0 Å². The Labute approximate surface area is 128 Å². The van der Waals surface area contributed by atoms with Gasteiger partial charge in [-0.2, -0.15) is 0 Å². The van der Waals surface area contributed by atoms with Gasteiger partial charge in [0.1, 0.15) is 0 Å². The second kappa shape index (κ2) is 6.08. The molecule has 0 heterocycles. The highest BCUT2D eigenvalue weighted by Gasteiger charge is 2.15. The van der Waals surface area contributed by atoms with Crippen LogP contribution in [0.4, 0.5) is 0 Å². The maximum Gasteiger partial charge on any atom is 0.0586 e. The van der Waals surface area contributed by atoms with Gasteiger partial charge in [0.15, 0.2) is 0 Å². The molecule has 0 amide bonds. The van der Waals surface area contributed by atoms with Gasteiger partial charge in [-0.15, -0.1) is 0 Å². The number of benzene rings is 2. The van der Waals surface area contributed by atoms with E-state index in [0.29, 0.717) is 0 Å². The lowest BCUT2D eigenvalue weighted by Crippen LogP contribution is -2.18. The molecule has 1 nitrogen and oxygen atoms in total. The van der Waals surface area contributed by atoms with E-state index in [9.17, 15) is 0 Å². The van der Waals surface area contributed by atoms with E-state index in [1.54, 1.807) is 0 Å². The van der Waals surface area contributed by atoms with Gasteiger partial charge in [-0.3, -0.25) is 0 Å². The van der Waals surface area contributed by atoms with Gasteiger partial charge in [0.05, 0.1) is 6.04 Å². The Kier molecular flexibility index (Phi) is 4.67. The standard InChI is InChI=1S/C16H17BrClN/c1-10-4-7-14(17)13(8-10)16(19-3)12-6-5-11(2)15(18)9-12/h4-9,16,19H,1-3H3. The summed E-state index contributed by atoms with van der Waals surface area (Å²) in [5, 5.41) is 4.17. The van der Waals surface area contributed by atoms with Gasteiger partial charge in [-0.25, -0.2) is 0 Å².